The number of benzene rings is 1. The molecule has 1 aromatic rings. The lowest BCUT2D eigenvalue weighted by Crippen LogP contribution is -2.40. The minimum atomic E-state index is -0.835. The summed E-state index contributed by atoms with van der Waals surface area (Å²) in [7, 11) is 0. The molecule has 0 aromatic heterocycles. The lowest BCUT2D eigenvalue weighted by Gasteiger charge is -2.16. The lowest BCUT2D eigenvalue weighted by atomic mass is 10.2. The second kappa shape index (κ2) is 7.78. The highest BCUT2D eigenvalue weighted by molar-refractivity contribution is 6.32. The van der Waals surface area contributed by atoms with E-state index in [4.69, 9.17) is 25.8 Å². The molecule has 1 saturated carbocycles. The Bertz CT molecular complexity index is 697. The molecule has 1 atom stereocenters. The summed E-state index contributed by atoms with van der Waals surface area (Å²) in [5.74, 6) is 0.172. The number of halogens is 1. The Morgan fingerprint density at radius 3 is 2.84 bits per heavy atom. The zero-order chi connectivity index (χ0) is 17.8. The molecule has 134 valence electrons. The Balaban J connectivity index is 1.54. The zero-order valence-electron chi connectivity index (χ0n) is 13.9. The van der Waals surface area contributed by atoms with Gasteiger partial charge in [-0.15, -0.1) is 0 Å². The van der Waals surface area contributed by atoms with Gasteiger partial charge in [0.2, 0.25) is 6.79 Å². The molecular formula is C18H20ClNO5. The molecule has 1 aromatic carbocycles. The Kier molecular flexibility index (Phi) is 5.48. The van der Waals surface area contributed by atoms with Gasteiger partial charge in [0.1, 0.15) is 0 Å². The number of carbonyl (C=O) groups is 2. The van der Waals surface area contributed by atoms with E-state index in [1.54, 1.807) is 25.1 Å². The van der Waals surface area contributed by atoms with Gasteiger partial charge in [0, 0.05) is 12.1 Å². The Hall–Kier alpha value is -2.21. The van der Waals surface area contributed by atoms with Crippen molar-refractivity contribution in [1.29, 1.82) is 0 Å². The third kappa shape index (κ3) is 4.45. The molecule has 1 heterocycles. The minimum absolute atomic E-state index is 0.123. The van der Waals surface area contributed by atoms with Crippen LogP contribution in [0, 0.1) is 0 Å². The number of ether oxygens (including phenoxy) is 3. The van der Waals surface area contributed by atoms with Crippen molar-refractivity contribution >= 4 is 29.6 Å². The standard InChI is InChI=1S/C18H20ClNO5/c1-11(18(22)20-13-4-2-3-5-13)25-16(21)7-6-12-8-14(19)17-15(9-12)23-10-24-17/h6-9,11,13H,2-5,10H2,1H3,(H,20,22)/b7-6+/t11-/m0/s1. The van der Waals surface area contributed by atoms with E-state index in [1.807, 2.05) is 0 Å². The average molecular weight is 366 g/mol. The Labute approximate surface area is 151 Å². The van der Waals surface area contributed by atoms with Crippen molar-refractivity contribution in [2.75, 3.05) is 6.79 Å². The highest BCUT2D eigenvalue weighted by Gasteiger charge is 2.22. The minimum Gasteiger partial charge on any atom is -0.454 e. The molecule has 6 nitrogen and oxygen atoms in total. The second-order valence-electron chi connectivity index (χ2n) is 6.14. The Morgan fingerprint density at radius 2 is 2.08 bits per heavy atom. The van der Waals surface area contributed by atoms with Crippen molar-refractivity contribution in [3.8, 4) is 11.5 Å². The average Bonchev–Trinajstić information content (AvgIpc) is 3.24. The first-order valence-corrected chi connectivity index (χ1v) is 8.69. The van der Waals surface area contributed by atoms with Crippen molar-refractivity contribution in [3.05, 3.63) is 28.8 Å². The number of hydrogen-bond donors (Lipinski definition) is 1. The molecule has 1 aliphatic heterocycles. The van der Waals surface area contributed by atoms with E-state index in [1.165, 1.54) is 6.08 Å². The molecule has 0 spiro atoms. The van der Waals surface area contributed by atoms with Crippen LogP contribution in [-0.2, 0) is 14.3 Å². The van der Waals surface area contributed by atoms with Gasteiger partial charge in [-0.3, -0.25) is 4.79 Å². The molecular weight excluding hydrogens is 346 g/mol. The summed E-state index contributed by atoms with van der Waals surface area (Å²) in [5, 5.41) is 3.31. The van der Waals surface area contributed by atoms with Gasteiger partial charge in [-0.2, -0.15) is 0 Å². The van der Waals surface area contributed by atoms with Crippen LogP contribution < -0.4 is 14.8 Å². The van der Waals surface area contributed by atoms with E-state index in [0.717, 1.165) is 25.7 Å². The molecule has 3 rings (SSSR count). The van der Waals surface area contributed by atoms with E-state index in [-0.39, 0.29) is 18.7 Å². The largest absolute Gasteiger partial charge is 0.454 e. The summed E-state index contributed by atoms with van der Waals surface area (Å²) in [5.41, 5.74) is 0.675. The van der Waals surface area contributed by atoms with Crippen LogP contribution in [0.3, 0.4) is 0 Å². The molecule has 7 heteroatoms. The molecule has 2 aliphatic rings. The van der Waals surface area contributed by atoms with E-state index >= 15 is 0 Å². The van der Waals surface area contributed by atoms with E-state index in [0.29, 0.717) is 22.1 Å². The van der Waals surface area contributed by atoms with Gasteiger partial charge >= 0.3 is 5.97 Å². The summed E-state index contributed by atoms with van der Waals surface area (Å²) in [4.78, 5) is 23.9. The predicted octanol–water partition coefficient (Wildman–Crippen LogP) is 3.07. The summed E-state index contributed by atoms with van der Waals surface area (Å²) in [6, 6.07) is 3.57. The third-order valence-electron chi connectivity index (χ3n) is 4.23. The van der Waals surface area contributed by atoms with E-state index in [9.17, 15) is 9.59 Å². The van der Waals surface area contributed by atoms with Crippen LogP contribution in [-0.4, -0.2) is 30.8 Å². The lowest BCUT2D eigenvalue weighted by molar-refractivity contribution is -0.150. The first-order chi connectivity index (χ1) is 12.0. The first-order valence-electron chi connectivity index (χ1n) is 8.31. The van der Waals surface area contributed by atoms with E-state index < -0.39 is 12.1 Å². The number of carbonyl (C=O) groups excluding carboxylic acids is 2. The summed E-state index contributed by atoms with van der Waals surface area (Å²) >= 11 is 6.09. The maximum atomic E-state index is 12.0. The van der Waals surface area contributed by atoms with Gasteiger partial charge < -0.3 is 19.5 Å². The number of hydrogen-bond acceptors (Lipinski definition) is 5. The molecule has 1 amide bonds. The maximum absolute atomic E-state index is 12.0. The number of fused-ring (bicyclic) bond motifs is 1. The molecule has 0 saturated heterocycles. The fourth-order valence-electron chi connectivity index (χ4n) is 2.90. The van der Waals surface area contributed by atoms with Crippen molar-refractivity contribution in [1.82, 2.24) is 5.32 Å². The zero-order valence-corrected chi connectivity index (χ0v) is 14.7. The summed E-state index contributed by atoms with van der Waals surface area (Å²) in [6.45, 7) is 1.69. The van der Waals surface area contributed by atoms with Crippen LogP contribution in [0.2, 0.25) is 5.02 Å². The monoisotopic (exact) mass is 365 g/mol. The topological polar surface area (TPSA) is 73.9 Å². The maximum Gasteiger partial charge on any atom is 0.331 e. The normalized spacial score (nSPS) is 17.7. The van der Waals surface area contributed by atoms with Crippen LogP contribution in [0.1, 0.15) is 38.2 Å². The molecule has 1 aliphatic carbocycles. The molecule has 0 radical (unpaired) electrons. The molecule has 1 N–H and O–H groups in total. The number of nitrogens with one attached hydrogen (secondary N) is 1. The molecule has 1 fully saturated rings. The Morgan fingerprint density at radius 1 is 1.32 bits per heavy atom. The highest BCUT2D eigenvalue weighted by Crippen LogP contribution is 2.40. The fourth-order valence-corrected chi connectivity index (χ4v) is 3.18. The van der Waals surface area contributed by atoms with Gasteiger partial charge in [0.15, 0.2) is 17.6 Å². The van der Waals surface area contributed by atoms with Gasteiger partial charge in [0.05, 0.1) is 5.02 Å². The van der Waals surface area contributed by atoms with Gasteiger partial charge in [-0.05, 0) is 43.5 Å². The fraction of sp³-hybridized carbons (Fsp3) is 0.444. The number of amides is 1. The van der Waals surface area contributed by atoms with Crippen LogP contribution in [0.25, 0.3) is 6.08 Å². The quantitative estimate of drug-likeness (QED) is 0.641. The molecule has 0 bridgehead atoms. The van der Waals surface area contributed by atoms with Crippen LogP contribution >= 0.6 is 11.6 Å². The van der Waals surface area contributed by atoms with Crippen LogP contribution in [0.5, 0.6) is 11.5 Å². The summed E-state index contributed by atoms with van der Waals surface area (Å²) in [6.07, 6.45) is 6.19. The molecule has 0 unspecified atom stereocenters. The molecule has 25 heavy (non-hydrogen) atoms. The van der Waals surface area contributed by atoms with Crippen molar-refractivity contribution in [2.24, 2.45) is 0 Å². The van der Waals surface area contributed by atoms with Crippen molar-refractivity contribution in [2.45, 2.75) is 44.8 Å². The van der Waals surface area contributed by atoms with Gasteiger partial charge in [-0.25, -0.2) is 4.79 Å². The van der Waals surface area contributed by atoms with Crippen LogP contribution in [0.15, 0.2) is 18.2 Å². The third-order valence-corrected chi connectivity index (χ3v) is 4.51. The summed E-state index contributed by atoms with van der Waals surface area (Å²) < 4.78 is 15.6. The van der Waals surface area contributed by atoms with Crippen molar-refractivity contribution < 1.29 is 23.8 Å². The predicted molar refractivity (Wildman–Crippen MR) is 92.6 cm³/mol. The number of esters is 1. The van der Waals surface area contributed by atoms with Crippen LogP contribution in [0.4, 0.5) is 0 Å². The second-order valence-corrected chi connectivity index (χ2v) is 6.55. The number of rotatable bonds is 5. The van der Waals surface area contributed by atoms with Crippen molar-refractivity contribution in [3.63, 3.8) is 0 Å². The smallest absolute Gasteiger partial charge is 0.331 e. The first kappa shape index (κ1) is 17.6. The highest BCUT2D eigenvalue weighted by atomic mass is 35.5. The van der Waals surface area contributed by atoms with Gasteiger partial charge in [-0.1, -0.05) is 24.4 Å². The SMILES string of the molecule is C[C@H](OC(=O)/C=C/c1cc(Cl)c2c(c1)OCO2)C(=O)NC1CCCC1. The van der Waals surface area contributed by atoms with E-state index in [2.05, 4.69) is 5.32 Å². The van der Waals surface area contributed by atoms with Gasteiger partial charge in [0.25, 0.3) is 5.91 Å².